The number of nitrogens with one attached hydrogen (secondary N) is 1. The van der Waals surface area contributed by atoms with Gasteiger partial charge in [0.25, 0.3) is 5.92 Å². The lowest BCUT2D eigenvalue weighted by molar-refractivity contribution is -0.128. The summed E-state index contributed by atoms with van der Waals surface area (Å²) in [7, 11) is 0. The summed E-state index contributed by atoms with van der Waals surface area (Å²) in [6.07, 6.45) is 5.82. The molecule has 1 amide bonds. The smallest absolute Gasteiger partial charge is 0.287 e. The molecule has 2 aliphatic rings. The van der Waals surface area contributed by atoms with E-state index in [9.17, 15) is 13.6 Å². The monoisotopic (exact) mass is 231 g/mol. The van der Waals surface area contributed by atoms with Crippen molar-refractivity contribution in [1.29, 1.82) is 0 Å². The Morgan fingerprint density at radius 1 is 1.44 bits per heavy atom. The maximum absolute atomic E-state index is 12.7. The number of hydrogen-bond donors (Lipinski definition) is 2. The lowest BCUT2D eigenvalue weighted by Crippen LogP contribution is -2.42. The third kappa shape index (κ3) is 2.24. The number of aliphatic hydroxyl groups is 1. The van der Waals surface area contributed by atoms with E-state index < -0.39 is 19.1 Å². The molecule has 2 N–H and O–H groups in total. The van der Waals surface area contributed by atoms with Gasteiger partial charge in [-0.15, -0.1) is 0 Å². The van der Waals surface area contributed by atoms with Gasteiger partial charge in [0.15, 0.2) is 0 Å². The van der Waals surface area contributed by atoms with Crippen molar-refractivity contribution in [2.75, 3.05) is 13.2 Å². The Balaban J connectivity index is 1.83. The van der Waals surface area contributed by atoms with E-state index in [0.717, 1.165) is 12.8 Å². The summed E-state index contributed by atoms with van der Waals surface area (Å²) in [4.78, 5) is 11.6. The average Bonchev–Trinajstić information content (AvgIpc) is 2.87. The minimum atomic E-state index is -3.22. The van der Waals surface area contributed by atoms with Crippen LogP contribution in [0.5, 0.6) is 0 Å². The third-order valence-electron chi connectivity index (χ3n) is 3.37. The third-order valence-corrected chi connectivity index (χ3v) is 3.37. The molecule has 0 saturated heterocycles. The molecule has 0 aromatic rings. The van der Waals surface area contributed by atoms with Crippen LogP contribution in [-0.2, 0) is 4.79 Å². The maximum atomic E-state index is 12.7. The fraction of sp³-hybridized carbons (Fsp3) is 0.727. The summed E-state index contributed by atoms with van der Waals surface area (Å²) in [6.45, 7) is -2.01. The van der Waals surface area contributed by atoms with Gasteiger partial charge in [-0.2, -0.15) is 0 Å². The standard InChI is InChI=1S/C11H15F2NO2/c12-11(13,6-15)5-14-10(16)9-4-7-1-2-8(9)3-7/h1-2,7-9,15H,3-6H2,(H,14,16). The predicted molar refractivity (Wildman–Crippen MR) is 53.9 cm³/mol. The number of aliphatic hydroxyl groups excluding tert-OH is 1. The van der Waals surface area contributed by atoms with E-state index in [1.165, 1.54) is 0 Å². The van der Waals surface area contributed by atoms with E-state index in [4.69, 9.17) is 5.11 Å². The van der Waals surface area contributed by atoms with Gasteiger partial charge in [0.2, 0.25) is 5.91 Å². The Kier molecular flexibility index (Phi) is 2.97. The van der Waals surface area contributed by atoms with Crippen molar-refractivity contribution in [1.82, 2.24) is 5.32 Å². The van der Waals surface area contributed by atoms with Crippen molar-refractivity contribution >= 4 is 5.91 Å². The summed E-state index contributed by atoms with van der Waals surface area (Å²) in [5.74, 6) is -3.04. The Morgan fingerprint density at radius 3 is 2.69 bits per heavy atom. The van der Waals surface area contributed by atoms with Crippen molar-refractivity contribution in [3.05, 3.63) is 12.2 Å². The van der Waals surface area contributed by atoms with E-state index in [-0.39, 0.29) is 17.7 Å². The van der Waals surface area contributed by atoms with Gasteiger partial charge in [-0.1, -0.05) is 12.2 Å². The first-order chi connectivity index (χ1) is 7.52. The predicted octanol–water partition coefficient (Wildman–Crippen LogP) is 0.942. The van der Waals surface area contributed by atoms with Gasteiger partial charge in [0, 0.05) is 5.92 Å². The highest BCUT2D eigenvalue weighted by Gasteiger charge is 2.40. The van der Waals surface area contributed by atoms with Crippen LogP contribution in [0.1, 0.15) is 12.8 Å². The zero-order chi connectivity index (χ0) is 11.8. The van der Waals surface area contributed by atoms with E-state index >= 15 is 0 Å². The Bertz CT molecular complexity index is 317. The van der Waals surface area contributed by atoms with E-state index in [1.807, 2.05) is 6.08 Å². The zero-order valence-electron chi connectivity index (χ0n) is 8.83. The molecule has 0 radical (unpaired) electrons. The summed E-state index contributed by atoms with van der Waals surface area (Å²) in [5.41, 5.74) is 0. The normalized spacial score (nSPS) is 32.1. The van der Waals surface area contributed by atoms with Crippen molar-refractivity contribution in [3.63, 3.8) is 0 Å². The van der Waals surface area contributed by atoms with Gasteiger partial charge in [-0.3, -0.25) is 4.79 Å². The second-order valence-corrected chi connectivity index (χ2v) is 4.62. The first-order valence-corrected chi connectivity index (χ1v) is 5.46. The molecule has 1 fully saturated rings. The Hall–Kier alpha value is -0.970. The van der Waals surface area contributed by atoms with Crippen molar-refractivity contribution in [3.8, 4) is 0 Å². The number of alkyl halides is 2. The first kappa shape index (κ1) is 11.5. The van der Waals surface area contributed by atoms with Gasteiger partial charge in [-0.05, 0) is 24.7 Å². The molecule has 16 heavy (non-hydrogen) atoms. The molecule has 0 spiro atoms. The van der Waals surface area contributed by atoms with Crippen LogP contribution < -0.4 is 5.32 Å². The fourth-order valence-corrected chi connectivity index (χ4v) is 2.49. The lowest BCUT2D eigenvalue weighted by Gasteiger charge is -2.20. The Labute approximate surface area is 92.5 Å². The molecule has 3 unspecified atom stereocenters. The topological polar surface area (TPSA) is 49.3 Å². The van der Waals surface area contributed by atoms with Crippen molar-refractivity contribution < 1.29 is 18.7 Å². The van der Waals surface area contributed by atoms with Gasteiger partial charge < -0.3 is 10.4 Å². The molecule has 90 valence electrons. The van der Waals surface area contributed by atoms with Crippen molar-refractivity contribution in [2.45, 2.75) is 18.8 Å². The fourth-order valence-electron chi connectivity index (χ4n) is 2.49. The number of rotatable bonds is 4. The summed E-state index contributed by atoms with van der Waals surface area (Å²) < 4.78 is 25.4. The highest BCUT2D eigenvalue weighted by Crippen LogP contribution is 2.43. The molecular weight excluding hydrogens is 216 g/mol. The Morgan fingerprint density at radius 2 is 2.19 bits per heavy atom. The molecule has 0 aliphatic heterocycles. The van der Waals surface area contributed by atoms with Crippen LogP contribution in [0, 0.1) is 17.8 Å². The van der Waals surface area contributed by atoms with Crippen LogP contribution in [0.25, 0.3) is 0 Å². The number of fused-ring (bicyclic) bond motifs is 2. The average molecular weight is 231 g/mol. The molecule has 3 atom stereocenters. The van der Waals surface area contributed by atoms with Crippen LogP contribution in [0.4, 0.5) is 8.78 Å². The van der Waals surface area contributed by atoms with E-state index in [0.29, 0.717) is 5.92 Å². The molecule has 0 aromatic carbocycles. The zero-order valence-corrected chi connectivity index (χ0v) is 8.83. The maximum Gasteiger partial charge on any atom is 0.287 e. The second-order valence-electron chi connectivity index (χ2n) is 4.62. The molecule has 1 saturated carbocycles. The SMILES string of the molecule is O=C(NCC(F)(F)CO)C1CC2C=CC1C2. The molecule has 0 aromatic heterocycles. The molecule has 0 heterocycles. The number of amides is 1. The number of halogens is 2. The lowest BCUT2D eigenvalue weighted by atomic mass is 9.93. The molecule has 2 rings (SSSR count). The highest BCUT2D eigenvalue weighted by molar-refractivity contribution is 5.80. The molecule has 5 heteroatoms. The largest absolute Gasteiger partial charge is 0.390 e. The van der Waals surface area contributed by atoms with E-state index in [2.05, 4.69) is 11.4 Å². The van der Waals surface area contributed by atoms with Crippen molar-refractivity contribution in [2.24, 2.45) is 17.8 Å². The van der Waals surface area contributed by atoms with Crippen LogP contribution >= 0.6 is 0 Å². The molecule has 2 aliphatic carbocycles. The minimum absolute atomic E-state index is 0.163. The van der Waals surface area contributed by atoms with Gasteiger partial charge >= 0.3 is 0 Å². The highest BCUT2D eigenvalue weighted by atomic mass is 19.3. The van der Waals surface area contributed by atoms with Gasteiger partial charge in [-0.25, -0.2) is 8.78 Å². The number of allylic oxidation sites excluding steroid dienone is 2. The van der Waals surface area contributed by atoms with Crippen LogP contribution in [-0.4, -0.2) is 30.1 Å². The molecule has 2 bridgehead atoms. The first-order valence-electron chi connectivity index (χ1n) is 5.46. The minimum Gasteiger partial charge on any atom is -0.390 e. The van der Waals surface area contributed by atoms with Gasteiger partial charge in [0.1, 0.15) is 6.61 Å². The number of carbonyl (C=O) groups excluding carboxylic acids is 1. The molecular formula is C11H15F2NO2. The van der Waals surface area contributed by atoms with E-state index in [1.54, 1.807) is 0 Å². The van der Waals surface area contributed by atoms with Crippen LogP contribution in [0.15, 0.2) is 12.2 Å². The van der Waals surface area contributed by atoms with Gasteiger partial charge in [0.05, 0.1) is 6.54 Å². The summed E-state index contributed by atoms with van der Waals surface area (Å²) in [6, 6.07) is 0. The second kappa shape index (κ2) is 4.13. The summed E-state index contributed by atoms with van der Waals surface area (Å²) >= 11 is 0. The number of carbonyl (C=O) groups is 1. The van der Waals surface area contributed by atoms with Crippen LogP contribution in [0.2, 0.25) is 0 Å². The summed E-state index contributed by atoms with van der Waals surface area (Å²) in [5, 5.41) is 10.6. The quantitative estimate of drug-likeness (QED) is 0.707. The number of hydrogen-bond acceptors (Lipinski definition) is 2. The molecule has 3 nitrogen and oxygen atoms in total. The van der Waals surface area contributed by atoms with Crippen LogP contribution in [0.3, 0.4) is 0 Å².